The molecule has 1 fully saturated rings. The van der Waals surface area contributed by atoms with Crippen LogP contribution in [0.25, 0.3) is 0 Å². The van der Waals surface area contributed by atoms with Gasteiger partial charge in [-0.3, -0.25) is 4.79 Å². The highest BCUT2D eigenvalue weighted by molar-refractivity contribution is 5.28. The minimum Gasteiger partial charge on any atom is -0.383 e. The molecule has 1 aromatic carbocycles. The zero-order chi connectivity index (χ0) is 17.3. The molecule has 0 bridgehead atoms. The van der Waals surface area contributed by atoms with Crippen LogP contribution < -0.4 is 5.56 Å². The summed E-state index contributed by atoms with van der Waals surface area (Å²) in [6.45, 7) is 7.76. The van der Waals surface area contributed by atoms with E-state index in [-0.39, 0.29) is 11.0 Å². The Hall–Kier alpha value is -1.81. The van der Waals surface area contributed by atoms with Gasteiger partial charge in [0.2, 0.25) is 0 Å². The molecule has 2 unspecified atom stereocenters. The van der Waals surface area contributed by atoms with Crippen LogP contribution in [0.2, 0.25) is 0 Å². The summed E-state index contributed by atoms with van der Waals surface area (Å²) in [6.07, 6.45) is 3.10. The van der Waals surface area contributed by atoms with E-state index in [1.807, 2.05) is 0 Å². The lowest BCUT2D eigenvalue weighted by molar-refractivity contribution is 0.155. The molecule has 4 nitrogen and oxygen atoms in total. The molecule has 2 atom stereocenters. The van der Waals surface area contributed by atoms with Gasteiger partial charge >= 0.3 is 0 Å². The van der Waals surface area contributed by atoms with E-state index in [2.05, 4.69) is 62.1 Å². The number of likely N-dealkylation sites (tertiary alicyclic amines) is 1. The average Bonchev–Trinajstić information content (AvgIpc) is 2.96. The zero-order valence-electron chi connectivity index (χ0n) is 15.1. The van der Waals surface area contributed by atoms with Crippen molar-refractivity contribution in [3.05, 3.63) is 57.6 Å². The van der Waals surface area contributed by atoms with Crippen LogP contribution in [0, 0.1) is 0 Å². The number of nitrogens with zero attached hydrogens (tertiary/aromatic N) is 1. The van der Waals surface area contributed by atoms with E-state index < -0.39 is 0 Å². The van der Waals surface area contributed by atoms with Crippen LogP contribution in [0.3, 0.4) is 0 Å². The van der Waals surface area contributed by atoms with Gasteiger partial charge in [-0.2, -0.15) is 5.16 Å². The number of piperidine rings is 1. The highest BCUT2D eigenvalue weighted by Gasteiger charge is 2.29. The van der Waals surface area contributed by atoms with Gasteiger partial charge < -0.3 is 9.42 Å². The highest BCUT2D eigenvalue weighted by Crippen LogP contribution is 2.32. The van der Waals surface area contributed by atoms with Crippen LogP contribution >= 0.6 is 0 Å². The van der Waals surface area contributed by atoms with Crippen LogP contribution in [0.5, 0.6) is 0 Å². The van der Waals surface area contributed by atoms with E-state index in [0.717, 1.165) is 31.6 Å². The fourth-order valence-electron chi connectivity index (χ4n) is 3.58. The van der Waals surface area contributed by atoms with Crippen LogP contribution in [0.15, 0.2) is 39.6 Å². The van der Waals surface area contributed by atoms with E-state index in [0.29, 0.717) is 12.0 Å². The van der Waals surface area contributed by atoms with Crippen LogP contribution in [-0.2, 0) is 11.8 Å². The highest BCUT2D eigenvalue weighted by atomic mass is 16.5. The number of hydrogen-bond donors (Lipinski definition) is 1. The molecule has 130 valence electrons. The van der Waals surface area contributed by atoms with Crippen molar-refractivity contribution in [3.63, 3.8) is 0 Å². The topological polar surface area (TPSA) is 49.2 Å². The summed E-state index contributed by atoms with van der Waals surface area (Å²) in [5, 5.41) is 2.42. The Morgan fingerprint density at radius 1 is 1.25 bits per heavy atom. The Labute approximate surface area is 143 Å². The van der Waals surface area contributed by atoms with Crippen molar-refractivity contribution in [2.24, 2.45) is 0 Å². The maximum Gasteiger partial charge on any atom is 0.280 e. The van der Waals surface area contributed by atoms with Crippen molar-refractivity contribution in [3.8, 4) is 0 Å². The van der Waals surface area contributed by atoms with E-state index in [1.54, 1.807) is 6.07 Å². The molecule has 0 amide bonds. The standard InChI is InChI=1S/C20H28N2O2/c1-20(2,3)16-7-5-14(6-8-16)11-17-12-15(9-10-22(17)4)18-13-19(23)21-24-18/h5-8,13,15,17H,9-12H2,1-4H3,(H,21,23). The number of likely N-dealkylation sites (N-methyl/N-ethyl adjacent to an activating group) is 1. The smallest absolute Gasteiger partial charge is 0.280 e. The molecule has 1 aromatic heterocycles. The number of benzene rings is 1. The number of nitrogens with one attached hydrogen (secondary N) is 1. The Kier molecular flexibility index (Phi) is 4.68. The van der Waals surface area contributed by atoms with E-state index in [9.17, 15) is 4.79 Å². The molecule has 1 aliphatic heterocycles. The van der Waals surface area contributed by atoms with E-state index in [1.165, 1.54) is 11.1 Å². The number of aromatic nitrogens is 1. The number of aromatic amines is 1. The molecule has 0 radical (unpaired) electrons. The van der Waals surface area contributed by atoms with Crippen molar-refractivity contribution >= 4 is 0 Å². The molecule has 2 heterocycles. The maximum atomic E-state index is 11.3. The first kappa shape index (κ1) is 17.0. The van der Waals surface area contributed by atoms with Gasteiger partial charge in [0, 0.05) is 18.0 Å². The van der Waals surface area contributed by atoms with Crippen molar-refractivity contribution in [2.75, 3.05) is 13.6 Å². The quantitative estimate of drug-likeness (QED) is 0.935. The summed E-state index contributed by atoms with van der Waals surface area (Å²) in [4.78, 5) is 13.8. The molecule has 0 spiro atoms. The van der Waals surface area contributed by atoms with Crippen molar-refractivity contribution in [1.82, 2.24) is 10.1 Å². The first-order valence-electron chi connectivity index (χ1n) is 8.81. The third kappa shape index (κ3) is 3.81. The minimum absolute atomic E-state index is 0.141. The SMILES string of the molecule is CN1CCC(c2cc(=O)[nH]o2)CC1Cc1ccc(C(C)(C)C)cc1. The largest absolute Gasteiger partial charge is 0.383 e. The molecule has 0 aliphatic carbocycles. The van der Waals surface area contributed by atoms with Crippen LogP contribution in [0.4, 0.5) is 0 Å². The first-order chi connectivity index (χ1) is 11.3. The van der Waals surface area contributed by atoms with Gasteiger partial charge in [0.15, 0.2) is 0 Å². The fourth-order valence-corrected chi connectivity index (χ4v) is 3.58. The monoisotopic (exact) mass is 328 g/mol. The average molecular weight is 328 g/mol. The van der Waals surface area contributed by atoms with E-state index >= 15 is 0 Å². The molecule has 3 rings (SSSR count). The van der Waals surface area contributed by atoms with Gasteiger partial charge in [0.25, 0.3) is 5.56 Å². The molecule has 24 heavy (non-hydrogen) atoms. The molecular formula is C20H28N2O2. The van der Waals surface area contributed by atoms with Crippen molar-refractivity contribution < 1.29 is 4.52 Å². The summed E-state index contributed by atoms with van der Waals surface area (Å²) in [5.74, 6) is 1.14. The first-order valence-corrected chi connectivity index (χ1v) is 8.81. The second kappa shape index (κ2) is 6.60. The van der Waals surface area contributed by atoms with E-state index in [4.69, 9.17) is 4.52 Å². The number of H-pyrrole nitrogens is 1. The van der Waals surface area contributed by atoms with Gasteiger partial charge in [-0.1, -0.05) is 45.0 Å². The third-order valence-corrected chi connectivity index (χ3v) is 5.25. The predicted octanol–water partition coefficient (Wildman–Crippen LogP) is 3.69. The predicted molar refractivity (Wildman–Crippen MR) is 96.6 cm³/mol. The van der Waals surface area contributed by atoms with Gasteiger partial charge in [-0.15, -0.1) is 0 Å². The number of rotatable bonds is 3. The molecular weight excluding hydrogens is 300 g/mol. The molecule has 1 saturated heterocycles. The number of hydrogen-bond acceptors (Lipinski definition) is 3. The summed E-state index contributed by atoms with van der Waals surface area (Å²) < 4.78 is 5.33. The van der Waals surface area contributed by atoms with Crippen molar-refractivity contribution in [2.45, 2.75) is 57.4 Å². The lowest BCUT2D eigenvalue weighted by Crippen LogP contribution is -2.40. The summed E-state index contributed by atoms with van der Waals surface area (Å²) in [5.41, 5.74) is 2.79. The van der Waals surface area contributed by atoms with Gasteiger partial charge in [0.05, 0.1) is 0 Å². The van der Waals surface area contributed by atoms with Gasteiger partial charge in [-0.25, -0.2) is 0 Å². The molecule has 4 heteroatoms. The second-order valence-corrected chi connectivity index (χ2v) is 8.12. The normalized spacial score (nSPS) is 22.7. The summed E-state index contributed by atoms with van der Waals surface area (Å²) in [6, 6.07) is 11.1. The lowest BCUT2D eigenvalue weighted by atomic mass is 9.84. The zero-order valence-corrected chi connectivity index (χ0v) is 15.1. The maximum absolute atomic E-state index is 11.3. The lowest BCUT2D eigenvalue weighted by Gasteiger charge is -2.36. The Morgan fingerprint density at radius 3 is 2.54 bits per heavy atom. The molecule has 1 aliphatic rings. The molecule has 0 saturated carbocycles. The summed E-state index contributed by atoms with van der Waals surface area (Å²) >= 11 is 0. The summed E-state index contributed by atoms with van der Waals surface area (Å²) in [7, 11) is 2.19. The van der Waals surface area contributed by atoms with Gasteiger partial charge in [-0.05, 0) is 49.4 Å². The Bertz CT molecular complexity index is 721. The van der Waals surface area contributed by atoms with Crippen molar-refractivity contribution in [1.29, 1.82) is 0 Å². The third-order valence-electron chi connectivity index (χ3n) is 5.25. The molecule has 1 N–H and O–H groups in total. The molecule has 2 aromatic rings. The van der Waals surface area contributed by atoms with Crippen LogP contribution in [0.1, 0.15) is 56.4 Å². The van der Waals surface area contributed by atoms with Gasteiger partial charge in [0.1, 0.15) is 5.76 Å². The Balaban J connectivity index is 1.70. The fraction of sp³-hybridized carbons (Fsp3) is 0.550. The second-order valence-electron chi connectivity index (χ2n) is 8.12. The Morgan fingerprint density at radius 2 is 1.96 bits per heavy atom. The van der Waals surface area contributed by atoms with Crippen LogP contribution in [-0.4, -0.2) is 29.7 Å². The minimum atomic E-state index is -0.141.